The SMILES string of the molecule is CC(C)(C)OC(=O)N1CCc2cc(/C=C/CN)ccc21. The molecule has 1 aliphatic rings. The van der Waals surface area contributed by atoms with E-state index in [1.807, 2.05) is 45.1 Å². The second-order valence-electron chi connectivity index (χ2n) is 5.91. The van der Waals surface area contributed by atoms with Crippen molar-refractivity contribution in [2.24, 2.45) is 5.73 Å². The van der Waals surface area contributed by atoms with Crippen molar-refractivity contribution in [3.05, 3.63) is 35.4 Å². The number of carbonyl (C=O) groups is 1. The number of anilines is 1. The van der Waals surface area contributed by atoms with Crippen LogP contribution < -0.4 is 10.6 Å². The first-order valence-electron chi connectivity index (χ1n) is 6.91. The van der Waals surface area contributed by atoms with Crippen LogP contribution in [-0.4, -0.2) is 24.8 Å². The highest BCUT2D eigenvalue weighted by Gasteiger charge is 2.28. The molecule has 108 valence electrons. The Bertz CT molecular complexity index is 530. The van der Waals surface area contributed by atoms with Crippen LogP contribution in [0.3, 0.4) is 0 Å². The molecule has 0 aliphatic carbocycles. The third-order valence-corrected chi connectivity index (χ3v) is 3.06. The Morgan fingerprint density at radius 3 is 2.85 bits per heavy atom. The van der Waals surface area contributed by atoms with Gasteiger partial charge in [0.25, 0.3) is 0 Å². The van der Waals surface area contributed by atoms with Gasteiger partial charge in [0.15, 0.2) is 0 Å². The minimum absolute atomic E-state index is 0.276. The van der Waals surface area contributed by atoms with Gasteiger partial charge in [-0.05, 0) is 50.5 Å². The van der Waals surface area contributed by atoms with Crippen molar-refractivity contribution in [3.8, 4) is 0 Å². The van der Waals surface area contributed by atoms with E-state index >= 15 is 0 Å². The first-order valence-corrected chi connectivity index (χ1v) is 6.91. The number of amides is 1. The van der Waals surface area contributed by atoms with Gasteiger partial charge in [0.05, 0.1) is 5.69 Å². The highest BCUT2D eigenvalue weighted by molar-refractivity contribution is 5.90. The standard InChI is InChI=1S/C16H22N2O2/c1-16(2,3)20-15(19)18-10-8-13-11-12(5-4-9-17)6-7-14(13)18/h4-7,11H,8-10,17H2,1-3H3/b5-4+. The average Bonchev–Trinajstić information content (AvgIpc) is 2.77. The summed E-state index contributed by atoms with van der Waals surface area (Å²) in [5, 5.41) is 0. The first-order chi connectivity index (χ1) is 9.40. The van der Waals surface area contributed by atoms with E-state index in [0.29, 0.717) is 13.1 Å². The van der Waals surface area contributed by atoms with Gasteiger partial charge in [-0.1, -0.05) is 18.2 Å². The molecule has 0 aromatic heterocycles. The zero-order chi connectivity index (χ0) is 14.8. The van der Waals surface area contributed by atoms with E-state index in [1.165, 1.54) is 5.56 Å². The molecule has 20 heavy (non-hydrogen) atoms. The van der Waals surface area contributed by atoms with Crippen molar-refractivity contribution in [2.75, 3.05) is 18.0 Å². The van der Waals surface area contributed by atoms with Crippen LogP contribution in [0.25, 0.3) is 6.08 Å². The third kappa shape index (κ3) is 3.39. The molecule has 0 saturated carbocycles. The molecule has 1 aliphatic heterocycles. The zero-order valence-electron chi connectivity index (χ0n) is 12.3. The van der Waals surface area contributed by atoms with Gasteiger partial charge in [-0.2, -0.15) is 0 Å². The summed E-state index contributed by atoms with van der Waals surface area (Å²) in [6, 6.07) is 6.07. The van der Waals surface area contributed by atoms with Gasteiger partial charge >= 0.3 is 6.09 Å². The number of hydrogen-bond acceptors (Lipinski definition) is 3. The normalized spacial score (nSPS) is 14.7. The predicted molar refractivity (Wildman–Crippen MR) is 81.8 cm³/mol. The number of nitrogens with zero attached hydrogens (tertiary/aromatic N) is 1. The van der Waals surface area contributed by atoms with Crippen LogP contribution in [0, 0.1) is 0 Å². The van der Waals surface area contributed by atoms with Crippen LogP contribution >= 0.6 is 0 Å². The van der Waals surface area contributed by atoms with Gasteiger partial charge in [0, 0.05) is 13.1 Å². The minimum Gasteiger partial charge on any atom is -0.443 e. The lowest BCUT2D eigenvalue weighted by molar-refractivity contribution is 0.0584. The molecule has 1 aromatic carbocycles. The molecular weight excluding hydrogens is 252 g/mol. The Kier molecular flexibility index (Phi) is 4.14. The lowest BCUT2D eigenvalue weighted by Gasteiger charge is -2.24. The maximum absolute atomic E-state index is 12.2. The molecule has 4 nitrogen and oxygen atoms in total. The fourth-order valence-corrected chi connectivity index (χ4v) is 2.24. The van der Waals surface area contributed by atoms with E-state index in [4.69, 9.17) is 10.5 Å². The number of fused-ring (bicyclic) bond motifs is 1. The second-order valence-corrected chi connectivity index (χ2v) is 5.91. The molecule has 0 unspecified atom stereocenters. The molecule has 0 radical (unpaired) electrons. The van der Waals surface area contributed by atoms with E-state index in [0.717, 1.165) is 17.7 Å². The molecule has 0 fully saturated rings. The Balaban J connectivity index is 2.17. The van der Waals surface area contributed by atoms with E-state index in [1.54, 1.807) is 4.90 Å². The van der Waals surface area contributed by atoms with Gasteiger partial charge in [-0.3, -0.25) is 4.90 Å². The van der Waals surface area contributed by atoms with Crippen molar-refractivity contribution in [1.29, 1.82) is 0 Å². The van der Waals surface area contributed by atoms with Gasteiger partial charge < -0.3 is 10.5 Å². The Morgan fingerprint density at radius 1 is 1.45 bits per heavy atom. The molecule has 1 heterocycles. The van der Waals surface area contributed by atoms with Crippen molar-refractivity contribution >= 4 is 17.9 Å². The summed E-state index contributed by atoms with van der Waals surface area (Å²) < 4.78 is 5.43. The van der Waals surface area contributed by atoms with E-state index in [-0.39, 0.29) is 6.09 Å². The minimum atomic E-state index is -0.469. The predicted octanol–water partition coefficient (Wildman–Crippen LogP) is 2.96. The van der Waals surface area contributed by atoms with Crippen LogP contribution in [-0.2, 0) is 11.2 Å². The average molecular weight is 274 g/mol. The summed E-state index contributed by atoms with van der Waals surface area (Å²) in [5.41, 5.74) is 8.22. The highest BCUT2D eigenvalue weighted by Crippen LogP contribution is 2.30. The first kappa shape index (κ1) is 14.6. The summed E-state index contributed by atoms with van der Waals surface area (Å²) in [6.45, 7) is 6.84. The molecule has 2 rings (SSSR count). The number of carbonyl (C=O) groups excluding carboxylic acids is 1. The number of rotatable bonds is 2. The van der Waals surface area contributed by atoms with Crippen molar-refractivity contribution in [3.63, 3.8) is 0 Å². The molecule has 1 aromatic rings. The summed E-state index contributed by atoms with van der Waals surface area (Å²) in [4.78, 5) is 13.9. The summed E-state index contributed by atoms with van der Waals surface area (Å²) in [6.07, 6.45) is 4.50. The van der Waals surface area contributed by atoms with E-state index in [9.17, 15) is 4.79 Å². The van der Waals surface area contributed by atoms with Gasteiger partial charge in [-0.15, -0.1) is 0 Å². The van der Waals surface area contributed by atoms with Gasteiger partial charge in [0.2, 0.25) is 0 Å². The van der Waals surface area contributed by atoms with Crippen LogP contribution in [0.4, 0.5) is 10.5 Å². The summed E-state index contributed by atoms with van der Waals surface area (Å²) in [7, 11) is 0. The lowest BCUT2D eigenvalue weighted by Crippen LogP contribution is -2.35. The zero-order valence-corrected chi connectivity index (χ0v) is 12.3. The van der Waals surface area contributed by atoms with Crippen LogP contribution in [0.15, 0.2) is 24.3 Å². The van der Waals surface area contributed by atoms with Crippen LogP contribution in [0.1, 0.15) is 31.9 Å². The Hall–Kier alpha value is -1.81. The fraction of sp³-hybridized carbons (Fsp3) is 0.438. The van der Waals surface area contributed by atoms with E-state index in [2.05, 4.69) is 6.07 Å². The molecule has 2 N–H and O–H groups in total. The van der Waals surface area contributed by atoms with E-state index < -0.39 is 5.60 Å². The lowest BCUT2D eigenvalue weighted by atomic mass is 10.1. The molecule has 4 heteroatoms. The molecule has 0 saturated heterocycles. The van der Waals surface area contributed by atoms with Crippen molar-refractivity contribution in [1.82, 2.24) is 0 Å². The maximum Gasteiger partial charge on any atom is 0.414 e. The number of benzene rings is 1. The molecule has 0 bridgehead atoms. The summed E-state index contributed by atoms with van der Waals surface area (Å²) >= 11 is 0. The third-order valence-electron chi connectivity index (χ3n) is 3.06. The Labute approximate surface area is 120 Å². The topological polar surface area (TPSA) is 55.6 Å². The fourth-order valence-electron chi connectivity index (χ4n) is 2.24. The number of ether oxygens (including phenoxy) is 1. The second kappa shape index (κ2) is 5.67. The Morgan fingerprint density at radius 2 is 2.20 bits per heavy atom. The quantitative estimate of drug-likeness (QED) is 0.902. The molecule has 0 atom stereocenters. The van der Waals surface area contributed by atoms with Crippen LogP contribution in [0.2, 0.25) is 0 Å². The monoisotopic (exact) mass is 274 g/mol. The van der Waals surface area contributed by atoms with Gasteiger partial charge in [0.1, 0.15) is 5.60 Å². The number of hydrogen-bond donors (Lipinski definition) is 1. The van der Waals surface area contributed by atoms with Crippen molar-refractivity contribution in [2.45, 2.75) is 32.8 Å². The maximum atomic E-state index is 12.2. The van der Waals surface area contributed by atoms with Crippen molar-refractivity contribution < 1.29 is 9.53 Å². The number of nitrogens with two attached hydrogens (primary N) is 1. The highest BCUT2D eigenvalue weighted by atomic mass is 16.6. The molecule has 1 amide bonds. The molecule has 0 spiro atoms. The largest absolute Gasteiger partial charge is 0.443 e. The summed E-state index contributed by atoms with van der Waals surface area (Å²) in [5.74, 6) is 0. The van der Waals surface area contributed by atoms with Gasteiger partial charge in [-0.25, -0.2) is 4.79 Å². The molecular formula is C16H22N2O2. The smallest absolute Gasteiger partial charge is 0.414 e. The van der Waals surface area contributed by atoms with Crippen LogP contribution in [0.5, 0.6) is 0 Å².